The zero-order chi connectivity index (χ0) is 10.7. The summed E-state index contributed by atoms with van der Waals surface area (Å²) < 4.78 is 0. The normalized spacial score (nSPS) is 9.93. The maximum Gasteiger partial charge on any atom is 0.168 e. The third-order valence-electron chi connectivity index (χ3n) is 2.29. The van der Waals surface area contributed by atoms with Gasteiger partial charge in [0, 0.05) is 6.20 Å². The van der Waals surface area contributed by atoms with Crippen molar-refractivity contribution in [3.8, 4) is 11.1 Å². The molecule has 0 atom stereocenters. The molecule has 2 aromatic rings. The molecule has 0 aliphatic rings. The third-order valence-corrected chi connectivity index (χ3v) is 2.29. The van der Waals surface area contributed by atoms with E-state index < -0.39 is 0 Å². The minimum absolute atomic E-state index is 0.466. The maximum atomic E-state index is 10.6. The van der Waals surface area contributed by atoms with Crippen molar-refractivity contribution >= 4 is 6.29 Å². The van der Waals surface area contributed by atoms with Gasteiger partial charge in [0.05, 0.1) is 0 Å². The van der Waals surface area contributed by atoms with Crippen LogP contribution in [-0.4, -0.2) is 11.3 Å². The summed E-state index contributed by atoms with van der Waals surface area (Å²) in [5.74, 6) is 0. The van der Waals surface area contributed by atoms with Crippen LogP contribution in [-0.2, 0) is 0 Å². The summed E-state index contributed by atoms with van der Waals surface area (Å²) in [7, 11) is 0. The molecular weight excluding hydrogens is 186 g/mol. The Morgan fingerprint density at radius 3 is 2.47 bits per heavy atom. The lowest BCUT2D eigenvalue weighted by atomic mass is 10.0. The van der Waals surface area contributed by atoms with Crippen molar-refractivity contribution in [3.05, 3.63) is 53.9 Å². The van der Waals surface area contributed by atoms with E-state index in [0.29, 0.717) is 5.69 Å². The van der Waals surface area contributed by atoms with E-state index in [4.69, 9.17) is 0 Å². The number of benzene rings is 1. The monoisotopic (exact) mass is 197 g/mol. The highest BCUT2D eigenvalue weighted by Crippen LogP contribution is 2.19. The van der Waals surface area contributed by atoms with E-state index >= 15 is 0 Å². The van der Waals surface area contributed by atoms with Gasteiger partial charge >= 0.3 is 0 Å². The summed E-state index contributed by atoms with van der Waals surface area (Å²) in [5.41, 5.74) is 3.81. The molecule has 0 spiro atoms. The summed E-state index contributed by atoms with van der Waals surface area (Å²) in [5, 5.41) is 0. The summed E-state index contributed by atoms with van der Waals surface area (Å²) in [6, 6.07) is 11.9. The van der Waals surface area contributed by atoms with Gasteiger partial charge in [-0.15, -0.1) is 0 Å². The molecule has 0 bridgehead atoms. The number of hydrogen-bond donors (Lipinski definition) is 0. The van der Waals surface area contributed by atoms with Crippen LogP contribution in [0.5, 0.6) is 0 Å². The smallest absolute Gasteiger partial charge is 0.168 e. The van der Waals surface area contributed by atoms with Crippen molar-refractivity contribution in [2.24, 2.45) is 0 Å². The van der Waals surface area contributed by atoms with Gasteiger partial charge in [-0.2, -0.15) is 0 Å². The summed E-state index contributed by atoms with van der Waals surface area (Å²) in [6.45, 7) is 2.05. The quantitative estimate of drug-likeness (QED) is 0.693. The van der Waals surface area contributed by atoms with E-state index in [1.54, 1.807) is 12.3 Å². The summed E-state index contributed by atoms with van der Waals surface area (Å²) in [6.07, 6.45) is 2.41. The van der Waals surface area contributed by atoms with Crippen molar-refractivity contribution in [2.45, 2.75) is 6.92 Å². The van der Waals surface area contributed by atoms with Crippen molar-refractivity contribution in [3.63, 3.8) is 0 Å². The van der Waals surface area contributed by atoms with Gasteiger partial charge in [0.15, 0.2) is 6.29 Å². The second-order valence-corrected chi connectivity index (χ2v) is 3.45. The molecule has 0 radical (unpaired) electrons. The fourth-order valence-corrected chi connectivity index (χ4v) is 1.44. The van der Waals surface area contributed by atoms with Crippen LogP contribution in [0.2, 0.25) is 0 Å². The molecule has 2 heteroatoms. The molecule has 0 unspecified atom stereocenters. The molecule has 0 aliphatic carbocycles. The van der Waals surface area contributed by atoms with Crippen LogP contribution in [0, 0.1) is 6.92 Å². The fraction of sp³-hybridized carbons (Fsp3) is 0.0769. The molecule has 0 amide bonds. The van der Waals surface area contributed by atoms with E-state index in [1.165, 1.54) is 5.56 Å². The van der Waals surface area contributed by atoms with Crippen molar-refractivity contribution in [1.29, 1.82) is 0 Å². The molecule has 2 rings (SSSR count). The van der Waals surface area contributed by atoms with Gasteiger partial charge in [0.2, 0.25) is 0 Å². The standard InChI is InChI=1S/C13H11NO/c1-10-2-4-11(5-3-10)12-6-7-14-13(8-12)9-15/h2-9H,1H3. The predicted molar refractivity (Wildman–Crippen MR) is 59.8 cm³/mol. The number of aromatic nitrogens is 1. The summed E-state index contributed by atoms with van der Waals surface area (Å²) in [4.78, 5) is 14.5. The Morgan fingerprint density at radius 2 is 1.80 bits per heavy atom. The number of nitrogens with zero attached hydrogens (tertiary/aromatic N) is 1. The van der Waals surface area contributed by atoms with E-state index in [1.807, 2.05) is 25.1 Å². The zero-order valence-corrected chi connectivity index (χ0v) is 8.47. The van der Waals surface area contributed by atoms with Gasteiger partial charge in [-0.3, -0.25) is 9.78 Å². The molecule has 74 valence electrons. The lowest BCUT2D eigenvalue weighted by Crippen LogP contribution is -1.87. The molecule has 2 nitrogen and oxygen atoms in total. The largest absolute Gasteiger partial charge is 0.296 e. The summed E-state index contributed by atoms with van der Waals surface area (Å²) >= 11 is 0. The van der Waals surface area contributed by atoms with Crippen LogP contribution in [0.4, 0.5) is 0 Å². The van der Waals surface area contributed by atoms with Crippen LogP contribution in [0.3, 0.4) is 0 Å². The minimum Gasteiger partial charge on any atom is -0.296 e. The highest BCUT2D eigenvalue weighted by atomic mass is 16.1. The molecule has 0 fully saturated rings. The Kier molecular flexibility index (Phi) is 2.59. The number of aryl methyl sites for hydroxylation is 1. The van der Waals surface area contributed by atoms with Crippen LogP contribution in [0.15, 0.2) is 42.6 Å². The van der Waals surface area contributed by atoms with E-state index in [-0.39, 0.29) is 0 Å². The molecule has 0 aliphatic heterocycles. The predicted octanol–water partition coefficient (Wildman–Crippen LogP) is 2.87. The second-order valence-electron chi connectivity index (χ2n) is 3.45. The number of rotatable bonds is 2. The van der Waals surface area contributed by atoms with Gasteiger partial charge in [-0.1, -0.05) is 29.8 Å². The topological polar surface area (TPSA) is 30.0 Å². The highest BCUT2D eigenvalue weighted by molar-refractivity contribution is 5.76. The molecule has 0 saturated carbocycles. The first-order chi connectivity index (χ1) is 7.29. The van der Waals surface area contributed by atoms with Crippen LogP contribution in [0.1, 0.15) is 16.1 Å². The molecule has 0 N–H and O–H groups in total. The first kappa shape index (κ1) is 9.59. The highest BCUT2D eigenvalue weighted by Gasteiger charge is 1.98. The first-order valence-electron chi connectivity index (χ1n) is 4.78. The van der Waals surface area contributed by atoms with E-state index in [2.05, 4.69) is 17.1 Å². The average molecular weight is 197 g/mol. The average Bonchev–Trinajstić information content (AvgIpc) is 2.30. The van der Waals surface area contributed by atoms with Crippen LogP contribution >= 0.6 is 0 Å². The zero-order valence-electron chi connectivity index (χ0n) is 8.47. The second kappa shape index (κ2) is 4.05. The van der Waals surface area contributed by atoms with Crippen LogP contribution in [0.25, 0.3) is 11.1 Å². The Balaban J connectivity index is 2.44. The lowest BCUT2D eigenvalue weighted by Gasteiger charge is -2.02. The molecule has 1 heterocycles. The molecule has 0 saturated heterocycles. The first-order valence-corrected chi connectivity index (χ1v) is 4.78. The van der Waals surface area contributed by atoms with Gasteiger partial charge in [-0.25, -0.2) is 0 Å². The number of carbonyl (C=O) groups excluding carboxylic acids is 1. The Morgan fingerprint density at radius 1 is 1.07 bits per heavy atom. The van der Waals surface area contributed by atoms with Crippen molar-refractivity contribution < 1.29 is 4.79 Å². The van der Waals surface area contributed by atoms with Gasteiger partial charge in [-0.05, 0) is 30.2 Å². The van der Waals surface area contributed by atoms with Gasteiger partial charge < -0.3 is 0 Å². The van der Waals surface area contributed by atoms with Crippen molar-refractivity contribution in [1.82, 2.24) is 4.98 Å². The number of hydrogen-bond acceptors (Lipinski definition) is 2. The number of aldehydes is 1. The maximum absolute atomic E-state index is 10.6. The van der Waals surface area contributed by atoms with Gasteiger partial charge in [0.1, 0.15) is 5.69 Å². The number of pyridine rings is 1. The molecular formula is C13H11NO. The number of carbonyl (C=O) groups is 1. The molecule has 1 aromatic heterocycles. The van der Waals surface area contributed by atoms with Crippen molar-refractivity contribution in [2.75, 3.05) is 0 Å². The van der Waals surface area contributed by atoms with Gasteiger partial charge in [0.25, 0.3) is 0 Å². The Hall–Kier alpha value is -1.96. The van der Waals surface area contributed by atoms with E-state index in [0.717, 1.165) is 17.4 Å². The molecule has 15 heavy (non-hydrogen) atoms. The lowest BCUT2D eigenvalue weighted by molar-refractivity contribution is 0.111. The van der Waals surface area contributed by atoms with E-state index in [9.17, 15) is 4.79 Å². The molecule has 1 aromatic carbocycles. The fourth-order valence-electron chi connectivity index (χ4n) is 1.44. The third kappa shape index (κ3) is 2.10. The minimum atomic E-state index is 0.466. The van der Waals surface area contributed by atoms with Crippen LogP contribution < -0.4 is 0 Å². The Labute approximate surface area is 88.6 Å². The Bertz CT molecular complexity index is 474. The SMILES string of the molecule is Cc1ccc(-c2ccnc(C=O)c2)cc1.